The van der Waals surface area contributed by atoms with E-state index < -0.39 is 12.6 Å². The van der Waals surface area contributed by atoms with Gasteiger partial charge in [0.25, 0.3) is 5.91 Å². The van der Waals surface area contributed by atoms with E-state index in [1.54, 1.807) is 0 Å². The number of nitrogens with one attached hydrogen (secondary N) is 1. The molecule has 0 aromatic carbocycles. The van der Waals surface area contributed by atoms with E-state index in [1.165, 1.54) is 18.5 Å². The third-order valence-corrected chi connectivity index (χ3v) is 1.50. The number of anilines is 1. The van der Waals surface area contributed by atoms with Gasteiger partial charge in [0, 0.05) is 12.7 Å². The number of halogens is 1. The highest BCUT2D eigenvalue weighted by atomic mass is 19.1. The number of nitrogens with two attached hydrogens (primary N) is 1. The van der Waals surface area contributed by atoms with Gasteiger partial charge in [0.15, 0.2) is 0 Å². The van der Waals surface area contributed by atoms with Gasteiger partial charge in [0.2, 0.25) is 0 Å². The predicted molar refractivity (Wildman–Crippen MR) is 47.2 cm³/mol. The lowest BCUT2D eigenvalue weighted by molar-refractivity contribution is 0.100. The fraction of sp³-hybridized carbons (Fsp3) is 0.250. The van der Waals surface area contributed by atoms with Gasteiger partial charge in [-0.2, -0.15) is 0 Å². The Labute approximate surface area is 75.0 Å². The van der Waals surface area contributed by atoms with Gasteiger partial charge in [-0.1, -0.05) is 0 Å². The Morgan fingerprint density at radius 3 is 3.08 bits per heavy atom. The molecule has 4 nitrogen and oxygen atoms in total. The molecule has 0 fully saturated rings. The van der Waals surface area contributed by atoms with Crippen LogP contribution >= 0.6 is 0 Å². The second kappa shape index (κ2) is 4.39. The van der Waals surface area contributed by atoms with Gasteiger partial charge in [-0.25, -0.2) is 4.39 Å². The third kappa shape index (κ3) is 2.40. The van der Waals surface area contributed by atoms with Crippen molar-refractivity contribution in [2.24, 2.45) is 5.73 Å². The van der Waals surface area contributed by atoms with Crippen molar-refractivity contribution >= 4 is 11.6 Å². The van der Waals surface area contributed by atoms with Gasteiger partial charge in [-0.05, 0) is 6.07 Å². The molecule has 0 bridgehead atoms. The Morgan fingerprint density at radius 1 is 1.69 bits per heavy atom. The molecule has 70 valence electrons. The Balaban J connectivity index is 2.84. The van der Waals surface area contributed by atoms with Gasteiger partial charge in [-0.15, -0.1) is 0 Å². The molecular weight excluding hydrogens is 173 g/mol. The predicted octanol–water partition coefficient (Wildman–Crippen LogP) is 0.562. The Hall–Kier alpha value is -1.65. The summed E-state index contributed by atoms with van der Waals surface area (Å²) in [5.41, 5.74) is 5.87. The number of pyridine rings is 1. The van der Waals surface area contributed by atoms with Crippen LogP contribution in [0, 0.1) is 0 Å². The Kier molecular flexibility index (Phi) is 3.19. The van der Waals surface area contributed by atoms with Crippen LogP contribution in [0.15, 0.2) is 18.5 Å². The summed E-state index contributed by atoms with van der Waals surface area (Å²) in [6, 6.07) is 1.49. The van der Waals surface area contributed by atoms with Crippen molar-refractivity contribution < 1.29 is 9.18 Å². The molecule has 5 heteroatoms. The summed E-state index contributed by atoms with van der Waals surface area (Å²) in [5.74, 6) is -0.552. The molecule has 0 saturated carbocycles. The van der Waals surface area contributed by atoms with Crippen LogP contribution in [0.3, 0.4) is 0 Å². The molecule has 0 atom stereocenters. The maximum atomic E-state index is 11.8. The van der Waals surface area contributed by atoms with Gasteiger partial charge in [0.1, 0.15) is 6.67 Å². The number of alkyl halides is 1. The molecule has 3 N–H and O–H groups in total. The van der Waals surface area contributed by atoms with Gasteiger partial charge >= 0.3 is 0 Å². The van der Waals surface area contributed by atoms with E-state index >= 15 is 0 Å². The van der Waals surface area contributed by atoms with Crippen LogP contribution in [0.5, 0.6) is 0 Å². The van der Waals surface area contributed by atoms with Crippen LogP contribution in [0.4, 0.5) is 10.1 Å². The molecule has 1 aromatic heterocycles. The first-order chi connectivity index (χ1) is 6.25. The highest BCUT2D eigenvalue weighted by Gasteiger charge is 2.06. The number of aromatic nitrogens is 1. The number of hydrogen-bond donors (Lipinski definition) is 2. The molecule has 0 unspecified atom stereocenters. The third-order valence-electron chi connectivity index (χ3n) is 1.50. The van der Waals surface area contributed by atoms with Crippen LogP contribution in [0.1, 0.15) is 10.4 Å². The molecule has 0 radical (unpaired) electrons. The molecule has 0 aliphatic rings. The number of carbonyl (C=O) groups excluding carboxylic acids is 1. The fourth-order valence-electron chi connectivity index (χ4n) is 0.932. The van der Waals surface area contributed by atoms with E-state index in [0.29, 0.717) is 11.3 Å². The topological polar surface area (TPSA) is 68.0 Å². The Morgan fingerprint density at radius 2 is 2.46 bits per heavy atom. The van der Waals surface area contributed by atoms with E-state index in [9.17, 15) is 9.18 Å². The van der Waals surface area contributed by atoms with Crippen LogP contribution in [0.25, 0.3) is 0 Å². The minimum Gasteiger partial charge on any atom is -0.381 e. The van der Waals surface area contributed by atoms with Gasteiger partial charge < -0.3 is 11.1 Å². The number of hydrogen-bond acceptors (Lipinski definition) is 3. The molecule has 1 rings (SSSR count). The number of nitrogens with zero attached hydrogens (tertiary/aromatic N) is 1. The quantitative estimate of drug-likeness (QED) is 0.716. The van der Waals surface area contributed by atoms with Gasteiger partial charge in [-0.3, -0.25) is 9.78 Å². The molecule has 0 spiro atoms. The smallest absolute Gasteiger partial charge is 0.250 e. The second-order valence-corrected chi connectivity index (χ2v) is 2.40. The lowest BCUT2D eigenvalue weighted by Crippen LogP contribution is -2.15. The van der Waals surface area contributed by atoms with Crippen molar-refractivity contribution in [3.63, 3.8) is 0 Å². The van der Waals surface area contributed by atoms with Crippen LogP contribution in [0.2, 0.25) is 0 Å². The first kappa shape index (κ1) is 9.44. The maximum absolute atomic E-state index is 11.8. The summed E-state index contributed by atoms with van der Waals surface area (Å²) in [4.78, 5) is 14.6. The lowest BCUT2D eigenvalue weighted by atomic mass is 10.2. The summed E-state index contributed by atoms with van der Waals surface area (Å²) in [5, 5.41) is 2.71. The first-order valence-electron chi connectivity index (χ1n) is 3.79. The first-order valence-corrected chi connectivity index (χ1v) is 3.79. The molecule has 1 heterocycles. The second-order valence-electron chi connectivity index (χ2n) is 2.40. The van der Waals surface area contributed by atoms with Crippen LogP contribution in [-0.4, -0.2) is 24.1 Å². The number of rotatable bonds is 4. The summed E-state index contributed by atoms with van der Waals surface area (Å²) < 4.78 is 11.8. The molecule has 13 heavy (non-hydrogen) atoms. The van der Waals surface area contributed by atoms with Crippen molar-refractivity contribution in [3.8, 4) is 0 Å². The zero-order chi connectivity index (χ0) is 9.68. The van der Waals surface area contributed by atoms with E-state index in [4.69, 9.17) is 5.73 Å². The number of primary amides is 1. The highest BCUT2D eigenvalue weighted by molar-refractivity contribution is 5.98. The molecule has 0 saturated heterocycles. The molecule has 1 amide bonds. The fourth-order valence-corrected chi connectivity index (χ4v) is 0.932. The minimum atomic E-state index is -0.552. The van der Waals surface area contributed by atoms with Crippen molar-refractivity contribution in [2.45, 2.75) is 0 Å². The zero-order valence-electron chi connectivity index (χ0n) is 6.96. The lowest BCUT2D eigenvalue weighted by Gasteiger charge is -2.06. The normalized spacial score (nSPS) is 9.62. The van der Waals surface area contributed by atoms with E-state index in [-0.39, 0.29) is 6.54 Å². The molecule has 1 aromatic rings. The van der Waals surface area contributed by atoms with Crippen molar-refractivity contribution in [1.82, 2.24) is 4.98 Å². The highest BCUT2D eigenvalue weighted by Crippen LogP contribution is 2.11. The summed E-state index contributed by atoms with van der Waals surface area (Å²) in [6.07, 6.45) is 2.90. The zero-order valence-corrected chi connectivity index (χ0v) is 6.96. The average Bonchev–Trinajstić information content (AvgIpc) is 2.15. The largest absolute Gasteiger partial charge is 0.381 e. The summed E-state index contributed by atoms with van der Waals surface area (Å²) in [6.45, 7) is -0.362. The molecular formula is C8H10FN3O. The van der Waals surface area contributed by atoms with Crippen LogP contribution in [-0.2, 0) is 0 Å². The van der Waals surface area contributed by atoms with Crippen molar-refractivity contribution in [3.05, 3.63) is 24.0 Å². The monoisotopic (exact) mass is 183 g/mol. The van der Waals surface area contributed by atoms with E-state index in [0.717, 1.165) is 0 Å². The minimum absolute atomic E-state index is 0.145. The SMILES string of the molecule is NC(=O)c1ccncc1NCCF. The molecule has 0 aliphatic heterocycles. The van der Waals surface area contributed by atoms with Crippen LogP contribution < -0.4 is 11.1 Å². The average molecular weight is 183 g/mol. The molecule has 0 aliphatic carbocycles. The maximum Gasteiger partial charge on any atom is 0.250 e. The summed E-state index contributed by atoms with van der Waals surface area (Å²) >= 11 is 0. The van der Waals surface area contributed by atoms with E-state index in [2.05, 4.69) is 10.3 Å². The number of carbonyl (C=O) groups is 1. The standard InChI is InChI=1S/C8H10FN3O/c9-2-4-12-7-5-11-3-1-6(7)8(10)13/h1,3,5,12H,2,4H2,(H2,10,13). The van der Waals surface area contributed by atoms with E-state index in [1.807, 2.05) is 0 Å². The Bertz CT molecular complexity index is 303. The van der Waals surface area contributed by atoms with Gasteiger partial charge in [0.05, 0.1) is 17.4 Å². The number of amides is 1. The van der Waals surface area contributed by atoms with Crippen molar-refractivity contribution in [1.29, 1.82) is 0 Å². The summed E-state index contributed by atoms with van der Waals surface area (Å²) in [7, 11) is 0. The van der Waals surface area contributed by atoms with Crippen molar-refractivity contribution in [2.75, 3.05) is 18.5 Å².